The van der Waals surface area contributed by atoms with Crippen LogP contribution in [0, 0.1) is 25.2 Å². The predicted octanol–water partition coefficient (Wildman–Crippen LogP) is 2.80. The lowest BCUT2D eigenvalue weighted by atomic mass is 10.2. The van der Waals surface area contributed by atoms with Gasteiger partial charge in [0, 0.05) is 18.8 Å². The fourth-order valence-corrected chi connectivity index (χ4v) is 1.85. The van der Waals surface area contributed by atoms with E-state index >= 15 is 0 Å². The second kappa shape index (κ2) is 6.02. The van der Waals surface area contributed by atoms with E-state index in [1.54, 1.807) is 0 Å². The Hall–Kier alpha value is -2.61. The SMILES string of the molecule is Cc1ccc(N(C)c2cc(NCC#N)nc(C)n2)cc1. The summed E-state index contributed by atoms with van der Waals surface area (Å²) in [6.45, 7) is 4.12. The average Bonchev–Trinajstić information content (AvgIpc) is 2.44. The fourth-order valence-electron chi connectivity index (χ4n) is 1.85. The van der Waals surface area contributed by atoms with Crippen molar-refractivity contribution in [3.63, 3.8) is 0 Å². The van der Waals surface area contributed by atoms with Crippen LogP contribution in [0.15, 0.2) is 30.3 Å². The number of hydrogen-bond donors (Lipinski definition) is 1. The number of nitrogens with zero attached hydrogens (tertiary/aromatic N) is 4. The average molecular weight is 267 g/mol. The van der Waals surface area contributed by atoms with Crippen LogP contribution in [0.1, 0.15) is 11.4 Å². The van der Waals surface area contributed by atoms with E-state index in [1.807, 2.05) is 31.0 Å². The first-order valence-electron chi connectivity index (χ1n) is 6.37. The fraction of sp³-hybridized carbons (Fsp3) is 0.267. The Balaban J connectivity index is 2.29. The molecule has 1 aromatic carbocycles. The van der Waals surface area contributed by atoms with Crippen LogP contribution in [-0.4, -0.2) is 23.6 Å². The molecule has 2 rings (SSSR count). The summed E-state index contributed by atoms with van der Waals surface area (Å²) in [6.07, 6.45) is 0. The second-order valence-corrected chi connectivity index (χ2v) is 4.56. The molecule has 0 bridgehead atoms. The van der Waals surface area contributed by atoms with Crippen molar-refractivity contribution in [2.75, 3.05) is 23.8 Å². The highest BCUT2D eigenvalue weighted by molar-refractivity contribution is 5.62. The molecule has 0 aliphatic carbocycles. The zero-order chi connectivity index (χ0) is 14.5. The summed E-state index contributed by atoms with van der Waals surface area (Å²) in [4.78, 5) is 10.7. The molecule has 20 heavy (non-hydrogen) atoms. The van der Waals surface area contributed by atoms with E-state index in [1.165, 1.54) is 5.56 Å². The topological polar surface area (TPSA) is 64.8 Å². The third kappa shape index (κ3) is 3.23. The molecular formula is C15H17N5. The summed E-state index contributed by atoms with van der Waals surface area (Å²) in [5, 5.41) is 11.6. The molecule has 1 aromatic heterocycles. The zero-order valence-electron chi connectivity index (χ0n) is 11.9. The molecule has 0 atom stereocenters. The van der Waals surface area contributed by atoms with Gasteiger partial charge in [-0.25, -0.2) is 9.97 Å². The van der Waals surface area contributed by atoms with Crippen molar-refractivity contribution >= 4 is 17.3 Å². The van der Waals surface area contributed by atoms with Crippen LogP contribution in [0.3, 0.4) is 0 Å². The first-order chi connectivity index (χ1) is 9.60. The highest BCUT2D eigenvalue weighted by atomic mass is 15.2. The van der Waals surface area contributed by atoms with E-state index in [9.17, 15) is 0 Å². The number of benzene rings is 1. The Kier molecular flexibility index (Phi) is 4.16. The molecule has 5 heteroatoms. The van der Waals surface area contributed by atoms with E-state index in [0.29, 0.717) is 11.6 Å². The van der Waals surface area contributed by atoms with Gasteiger partial charge in [0.1, 0.15) is 24.0 Å². The van der Waals surface area contributed by atoms with Crippen molar-refractivity contribution in [3.05, 3.63) is 41.7 Å². The number of aromatic nitrogens is 2. The van der Waals surface area contributed by atoms with E-state index in [0.717, 1.165) is 11.5 Å². The molecule has 1 heterocycles. The van der Waals surface area contributed by atoms with Gasteiger partial charge >= 0.3 is 0 Å². The van der Waals surface area contributed by atoms with E-state index in [4.69, 9.17) is 5.26 Å². The normalized spacial score (nSPS) is 9.90. The summed E-state index contributed by atoms with van der Waals surface area (Å²) >= 11 is 0. The molecule has 0 saturated carbocycles. The summed E-state index contributed by atoms with van der Waals surface area (Å²) < 4.78 is 0. The number of nitriles is 1. The monoisotopic (exact) mass is 267 g/mol. The van der Waals surface area contributed by atoms with Gasteiger partial charge in [-0.2, -0.15) is 5.26 Å². The standard InChI is InChI=1S/C15H17N5/c1-11-4-6-13(7-5-11)20(3)15-10-14(17-9-8-16)18-12(2)19-15/h4-7,10H,9H2,1-3H3,(H,17,18,19). The summed E-state index contributed by atoms with van der Waals surface area (Å²) in [5.41, 5.74) is 2.28. The highest BCUT2D eigenvalue weighted by Gasteiger charge is 2.08. The van der Waals surface area contributed by atoms with E-state index in [2.05, 4.69) is 46.5 Å². The lowest BCUT2D eigenvalue weighted by Gasteiger charge is -2.19. The molecule has 0 spiro atoms. The number of nitrogens with one attached hydrogen (secondary N) is 1. The molecule has 0 aliphatic heterocycles. The number of anilines is 3. The largest absolute Gasteiger partial charge is 0.357 e. The van der Waals surface area contributed by atoms with Gasteiger partial charge in [0.05, 0.1) is 6.07 Å². The molecule has 0 radical (unpaired) electrons. The summed E-state index contributed by atoms with van der Waals surface area (Å²) in [6, 6.07) is 12.1. The molecule has 0 aliphatic rings. The zero-order valence-corrected chi connectivity index (χ0v) is 11.9. The van der Waals surface area contributed by atoms with Crippen molar-refractivity contribution in [2.24, 2.45) is 0 Å². The third-order valence-corrected chi connectivity index (χ3v) is 2.94. The van der Waals surface area contributed by atoms with E-state index in [-0.39, 0.29) is 6.54 Å². The first-order valence-corrected chi connectivity index (χ1v) is 6.37. The van der Waals surface area contributed by atoms with Crippen LogP contribution in [0.5, 0.6) is 0 Å². The molecule has 0 unspecified atom stereocenters. The van der Waals surface area contributed by atoms with Gasteiger partial charge in [-0.3, -0.25) is 0 Å². The number of aryl methyl sites for hydroxylation is 2. The Morgan fingerprint density at radius 1 is 1.20 bits per heavy atom. The minimum Gasteiger partial charge on any atom is -0.357 e. The van der Waals surface area contributed by atoms with E-state index < -0.39 is 0 Å². The van der Waals surface area contributed by atoms with Crippen LogP contribution in [-0.2, 0) is 0 Å². The van der Waals surface area contributed by atoms with Crippen LogP contribution in [0.25, 0.3) is 0 Å². The molecule has 102 valence electrons. The maximum Gasteiger partial charge on any atom is 0.138 e. The van der Waals surface area contributed by atoms with Crippen LogP contribution in [0.2, 0.25) is 0 Å². The van der Waals surface area contributed by atoms with Gasteiger partial charge in [0.15, 0.2) is 0 Å². The van der Waals surface area contributed by atoms with Crippen molar-refractivity contribution in [1.82, 2.24) is 9.97 Å². The lowest BCUT2D eigenvalue weighted by Crippen LogP contribution is -2.13. The summed E-state index contributed by atoms with van der Waals surface area (Å²) in [5.74, 6) is 2.12. The Labute approximate surface area is 118 Å². The Morgan fingerprint density at radius 3 is 2.55 bits per heavy atom. The molecular weight excluding hydrogens is 250 g/mol. The van der Waals surface area contributed by atoms with Crippen molar-refractivity contribution in [3.8, 4) is 6.07 Å². The van der Waals surface area contributed by atoms with Gasteiger partial charge < -0.3 is 10.2 Å². The third-order valence-electron chi connectivity index (χ3n) is 2.94. The lowest BCUT2D eigenvalue weighted by molar-refractivity contribution is 1.01. The molecule has 2 aromatic rings. The quantitative estimate of drug-likeness (QED) is 0.863. The molecule has 0 fully saturated rings. The van der Waals surface area contributed by atoms with Gasteiger partial charge in [0.25, 0.3) is 0 Å². The molecule has 0 amide bonds. The minimum atomic E-state index is 0.226. The number of hydrogen-bond acceptors (Lipinski definition) is 5. The minimum absolute atomic E-state index is 0.226. The number of rotatable bonds is 4. The Morgan fingerprint density at radius 2 is 1.90 bits per heavy atom. The first kappa shape index (κ1) is 13.8. The van der Waals surface area contributed by atoms with Gasteiger partial charge in [-0.15, -0.1) is 0 Å². The predicted molar refractivity (Wildman–Crippen MR) is 80.1 cm³/mol. The van der Waals surface area contributed by atoms with Gasteiger partial charge in [-0.1, -0.05) is 17.7 Å². The smallest absolute Gasteiger partial charge is 0.138 e. The molecule has 5 nitrogen and oxygen atoms in total. The molecule has 0 saturated heterocycles. The van der Waals surface area contributed by atoms with Crippen LogP contribution < -0.4 is 10.2 Å². The highest BCUT2D eigenvalue weighted by Crippen LogP contribution is 2.23. The maximum absolute atomic E-state index is 8.61. The van der Waals surface area contributed by atoms with Gasteiger partial charge in [-0.05, 0) is 26.0 Å². The Bertz CT molecular complexity index is 628. The van der Waals surface area contributed by atoms with Crippen molar-refractivity contribution in [1.29, 1.82) is 5.26 Å². The second-order valence-electron chi connectivity index (χ2n) is 4.56. The van der Waals surface area contributed by atoms with Crippen LogP contribution in [0.4, 0.5) is 17.3 Å². The maximum atomic E-state index is 8.61. The van der Waals surface area contributed by atoms with Gasteiger partial charge in [0.2, 0.25) is 0 Å². The van der Waals surface area contributed by atoms with Crippen LogP contribution >= 0.6 is 0 Å². The van der Waals surface area contributed by atoms with Crippen molar-refractivity contribution in [2.45, 2.75) is 13.8 Å². The molecule has 1 N–H and O–H groups in total. The summed E-state index contributed by atoms with van der Waals surface area (Å²) in [7, 11) is 1.96. The van der Waals surface area contributed by atoms with Crippen molar-refractivity contribution < 1.29 is 0 Å².